The molecule has 3 aromatic rings. The van der Waals surface area contributed by atoms with Crippen LogP contribution in [0.1, 0.15) is 35.3 Å². The Hall–Kier alpha value is -3.06. The van der Waals surface area contributed by atoms with Crippen LogP contribution < -0.4 is 11.1 Å². The summed E-state index contributed by atoms with van der Waals surface area (Å²) < 4.78 is 14.2. The van der Waals surface area contributed by atoms with E-state index in [1.807, 2.05) is 6.07 Å². The van der Waals surface area contributed by atoms with Gasteiger partial charge in [0.15, 0.2) is 0 Å². The summed E-state index contributed by atoms with van der Waals surface area (Å²) in [5.74, 6) is -0.598. The van der Waals surface area contributed by atoms with Crippen LogP contribution in [0, 0.1) is 5.82 Å². The second-order valence-electron chi connectivity index (χ2n) is 6.76. The van der Waals surface area contributed by atoms with Crippen LogP contribution in [-0.2, 0) is 5.54 Å². The number of anilines is 1. The van der Waals surface area contributed by atoms with Gasteiger partial charge in [0.2, 0.25) is 5.91 Å². The topological polar surface area (TPSA) is 93.8 Å². The fourth-order valence-electron chi connectivity index (χ4n) is 3.35. The van der Waals surface area contributed by atoms with E-state index in [9.17, 15) is 9.18 Å². The second kappa shape index (κ2) is 7.16. The minimum Gasteiger partial charge on any atom is -0.366 e. The minimum atomic E-state index is -0.633. The molecular weight excluding hydrogens is 381 g/mol. The van der Waals surface area contributed by atoms with E-state index in [1.165, 1.54) is 18.2 Å². The lowest BCUT2D eigenvalue weighted by molar-refractivity contribution is 0.100. The van der Waals surface area contributed by atoms with Gasteiger partial charge in [-0.1, -0.05) is 11.6 Å². The van der Waals surface area contributed by atoms with E-state index in [4.69, 9.17) is 17.3 Å². The van der Waals surface area contributed by atoms with Crippen molar-refractivity contribution in [1.29, 1.82) is 0 Å². The average Bonchev–Trinajstić information content (AvgIpc) is 2.66. The number of carbonyl (C=O) groups is 1. The molecule has 0 bridgehead atoms. The molecule has 0 aliphatic heterocycles. The first-order valence-corrected chi connectivity index (χ1v) is 9.19. The van der Waals surface area contributed by atoms with Gasteiger partial charge < -0.3 is 11.1 Å². The van der Waals surface area contributed by atoms with Crippen molar-refractivity contribution < 1.29 is 9.18 Å². The number of nitrogens with one attached hydrogen (secondary N) is 1. The lowest BCUT2D eigenvalue weighted by Crippen LogP contribution is -2.43. The van der Waals surface area contributed by atoms with Crippen molar-refractivity contribution in [1.82, 2.24) is 15.2 Å². The Kier molecular flexibility index (Phi) is 4.68. The van der Waals surface area contributed by atoms with E-state index >= 15 is 0 Å². The van der Waals surface area contributed by atoms with E-state index < -0.39 is 11.7 Å². The van der Waals surface area contributed by atoms with Crippen LogP contribution in [0.5, 0.6) is 0 Å². The second-order valence-corrected chi connectivity index (χ2v) is 7.16. The number of nitrogens with two attached hydrogens (primary N) is 1. The van der Waals surface area contributed by atoms with Crippen LogP contribution >= 0.6 is 11.6 Å². The van der Waals surface area contributed by atoms with Gasteiger partial charge in [-0.3, -0.25) is 9.78 Å². The molecule has 3 N–H and O–H groups in total. The predicted octanol–water partition coefficient (Wildman–Crippen LogP) is 3.92. The van der Waals surface area contributed by atoms with E-state index in [-0.39, 0.29) is 16.7 Å². The quantitative estimate of drug-likeness (QED) is 0.680. The van der Waals surface area contributed by atoms with E-state index in [0.717, 1.165) is 25.0 Å². The van der Waals surface area contributed by atoms with E-state index in [0.29, 0.717) is 16.5 Å². The number of amides is 1. The van der Waals surface area contributed by atoms with Gasteiger partial charge in [0.25, 0.3) is 0 Å². The van der Waals surface area contributed by atoms with Gasteiger partial charge in [-0.05, 0) is 61.7 Å². The van der Waals surface area contributed by atoms with Gasteiger partial charge in [-0.15, -0.1) is 10.2 Å². The molecule has 0 atom stereocenters. The first-order valence-electron chi connectivity index (χ1n) is 8.81. The molecule has 1 aliphatic rings. The number of aromatic nitrogens is 3. The van der Waals surface area contributed by atoms with Crippen LogP contribution in [0.3, 0.4) is 0 Å². The van der Waals surface area contributed by atoms with Crippen LogP contribution in [0.2, 0.25) is 5.02 Å². The maximum Gasteiger partial charge on any atom is 0.248 e. The first-order chi connectivity index (χ1) is 13.5. The zero-order valence-corrected chi connectivity index (χ0v) is 15.6. The van der Waals surface area contributed by atoms with Crippen molar-refractivity contribution in [2.75, 3.05) is 5.32 Å². The highest BCUT2D eigenvalue weighted by molar-refractivity contribution is 6.31. The van der Waals surface area contributed by atoms with Gasteiger partial charge in [0, 0.05) is 17.3 Å². The van der Waals surface area contributed by atoms with Gasteiger partial charge in [-0.25, -0.2) is 4.39 Å². The van der Waals surface area contributed by atoms with Crippen LogP contribution in [0.4, 0.5) is 10.2 Å². The third kappa shape index (κ3) is 3.29. The van der Waals surface area contributed by atoms with Crippen molar-refractivity contribution >= 4 is 23.3 Å². The lowest BCUT2D eigenvalue weighted by Gasteiger charge is -2.42. The Bertz CT molecular complexity index is 1040. The summed E-state index contributed by atoms with van der Waals surface area (Å²) in [6.45, 7) is 0. The zero-order valence-electron chi connectivity index (χ0n) is 14.8. The van der Waals surface area contributed by atoms with Gasteiger partial charge in [0.05, 0.1) is 21.9 Å². The number of primary amides is 1. The standard InChI is InChI=1S/C20H17ClFN5O/c21-14-3-1-10-24-18(14)20(8-2-9-20)25-17-7-6-16(26-27-17)13-11-12(19(23)28)4-5-15(13)22/h1,3-7,10-11H,2,8-9H2,(H2,23,28)(H,25,27). The van der Waals surface area contributed by atoms with Crippen molar-refractivity contribution in [3.05, 3.63) is 70.8 Å². The Morgan fingerprint density at radius 3 is 2.61 bits per heavy atom. The molecule has 142 valence electrons. The highest BCUT2D eigenvalue weighted by atomic mass is 35.5. The fraction of sp³-hybridized carbons (Fsp3) is 0.200. The number of nitrogens with zero attached hydrogens (tertiary/aromatic N) is 3. The lowest BCUT2D eigenvalue weighted by atomic mass is 9.74. The molecule has 0 unspecified atom stereocenters. The molecule has 1 aliphatic carbocycles. The number of hydrogen-bond donors (Lipinski definition) is 2. The number of carbonyl (C=O) groups excluding carboxylic acids is 1. The van der Waals surface area contributed by atoms with E-state index in [2.05, 4.69) is 20.5 Å². The minimum absolute atomic E-state index is 0.168. The third-order valence-electron chi connectivity index (χ3n) is 4.98. The first kappa shape index (κ1) is 18.3. The Labute approximate surface area is 166 Å². The molecule has 1 saturated carbocycles. The summed E-state index contributed by atoms with van der Waals surface area (Å²) in [5.41, 5.74) is 6.36. The summed E-state index contributed by atoms with van der Waals surface area (Å²) in [5, 5.41) is 12.3. The summed E-state index contributed by atoms with van der Waals surface area (Å²) in [6, 6.07) is 10.9. The molecule has 1 amide bonds. The van der Waals surface area contributed by atoms with Crippen LogP contribution in [-0.4, -0.2) is 21.1 Å². The molecule has 0 radical (unpaired) electrons. The zero-order chi connectivity index (χ0) is 19.7. The summed E-state index contributed by atoms with van der Waals surface area (Å²) in [7, 11) is 0. The molecule has 2 aromatic heterocycles. The SMILES string of the molecule is NC(=O)c1ccc(F)c(-c2ccc(NC3(c4ncccc4Cl)CCC3)nn2)c1. The number of benzene rings is 1. The highest BCUT2D eigenvalue weighted by Crippen LogP contribution is 2.45. The number of pyridine rings is 1. The summed E-state index contributed by atoms with van der Waals surface area (Å²) >= 11 is 6.33. The van der Waals surface area contributed by atoms with Gasteiger partial charge in [-0.2, -0.15) is 0 Å². The molecule has 1 fully saturated rings. The molecule has 2 heterocycles. The van der Waals surface area contributed by atoms with Crippen LogP contribution in [0.15, 0.2) is 48.7 Å². The number of halogens is 2. The molecule has 1 aromatic carbocycles. The predicted molar refractivity (Wildman–Crippen MR) is 104 cm³/mol. The van der Waals surface area contributed by atoms with Crippen molar-refractivity contribution in [2.45, 2.75) is 24.8 Å². The van der Waals surface area contributed by atoms with Crippen molar-refractivity contribution in [3.63, 3.8) is 0 Å². The largest absolute Gasteiger partial charge is 0.366 e. The Morgan fingerprint density at radius 2 is 2.00 bits per heavy atom. The van der Waals surface area contributed by atoms with Crippen molar-refractivity contribution in [3.8, 4) is 11.3 Å². The molecule has 28 heavy (non-hydrogen) atoms. The van der Waals surface area contributed by atoms with Gasteiger partial charge >= 0.3 is 0 Å². The molecule has 8 heteroatoms. The molecule has 0 saturated heterocycles. The van der Waals surface area contributed by atoms with Crippen molar-refractivity contribution in [2.24, 2.45) is 5.73 Å². The molecular formula is C20H17ClFN5O. The normalized spacial score (nSPS) is 14.9. The maximum atomic E-state index is 14.2. The molecule has 6 nitrogen and oxygen atoms in total. The number of hydrogen-bond acceptors (Lipinski definition) is 5. The van der Waals surface area contributed by atoms with E-state index in [1.54, 1.807) is 24.4 Å². The Balaban J connectivity index is 1.62. The smallest absolute Gasteiger partial charge is 0.248 e. The molecule has 0 spiro atoms. The summed E-state index contributed by atoms with van der Waals surface area (Å²) in [4.78, 5) is 15.8. The summed E-state index contributed by atoms with van der Waals surface area (Å²) in [6.07, 6.45) is 4.52. The highest BCUT2D eigenvalue weighted by Gasteiger charge is 2.41. The van der Waals surface area contributed by atoms with Gasteiger partial charge in [0.1, 0.15) is 11.6 Å². The average molecular weight is 398 g/mol. The number of rotatable bonds is 5. The third-order valence-corrected chi connectivity index (χ3v) is 5.28. The molecule has 4 rings (SSSR count). The maximum absolute atomic E-state index is 14.2. The fourth-order valence-corrected chi connectivity index (χ4v) is 3.65. The van der Waals surface area contributed by atoms with Crippen LogP contribution in [0.25, 0.3) is 11.3 Å². The Morgan fingerprint density at radius 1 is 1.18 bits per heavy atom. The monoisotopic (exact) mass is 397 g/mol.